The third kappa shape index (κ3) is 5.92. The summed E-state index contributed by atoms with van der Waals surface area (Å²) >= 11 is 0. The van der Waals surface area contributed by atoms with Gasteiger partial charge >= 0.3 is 12.4 Å². The number of alkyl halides is 6. The van der Waals surface area contributed by atoms with Crippen molar-refractivity contribution in [2.24, 2.45) is 0 Å². The fourth-order valence-corrected chi connectivity index (χ4v) is 5.74. The Balaban J connectivity index is 1.44. The first-order valence-corrected chi connectivity index (χ1v) is 13.0. The predicted octanol–water partition coefficient (Wildman–Crippen LogP) is 7.74. The molecular formula is C30H28F6N2O. The Labute approximate surface area is 223 Å². The maximum absolute atomic E-state index is 13.4. The van der Waals surface area contributed by atoms with Gasteiger partial charge in [0.05, 0.1) is 11.1 Å². The number of likely N-dealkylation sites (tertiary alicyclic amines) is 1. The third-order valence-corrected chi connectivity index (χ3v) is 7.75. The van der Waals surface area contributed by atoms with Crippen molar-refractivity contribution in [2.45, 2.75) is 43.5 Å². The second-order valence-electron chi connectivity index (χ2n) is 10.2. The zero-order valence-electron chi connectivity index (χ0n) is 21.1. The first kappa shape index (κ1) is 27.1. The van der Waals surface area contributed by atoms with Gasteiger partial charge in [-0.15, -0.1) is 0 Å². The number of amides is 1. The predicted molar refractivity (Wildman–Crippen MR) is 137 cm³/mol. The number of carbonyl (C=O) groups excluding carboxylic acids is 1. The van der Waals surface area contributed by atoms with Crippen LogP contribution >= 0.6 is 0 Å². The van der Waals surface area contributed by atoms with Crippen LogP contribution in [0.25, 0.3) is 0 Å². The van der Waals surface area contributed by atoms with E-state index >= 15 is 0 Å². The van der Waals surface area contributed by atoms with Crippen LogP contribution in [0.4, 0.5) is 32.0 Å². The summed E-state index contributed by atoms with van der Waals surface area (Å²) in [6, 6.07) is 19.0. The smallest absolute Gasteiger partial charge is 0.372 e. The van der Waals surface area contributed by atoms with Gasteiger partial charge in [-0.2, -0.15) is 26.3 Å². The molecule has 2 fully saturated rings. The monoisotopic (exact) mass is 546 g/mol. The molecule has 0 aromatic heterocycles. The SMILES string of the molecule is O=C(c1cc(C(F)(F)F)cc(C(F)(F)F)c1)N1CCC(c2ccc(N3CCCC3)cc2)C(c2ccccc2)C1. The summed E-state index contributed by atoms with van der Waals surface area (Å²) in [5, 5.41) is 0. The zero-order valence-corrected chi connectivity index (χ0v) is 21.1. The summed E-state index contributed by atoms with van der Waals surface area (Å²) in [5.41, 5.74) is -0.384. The average molecular weight is 547 g/mol. The van der Waals surface area contributed by atoms with Crippen LogP contribution in [0.15, 0.2) is 72.8 Å². The Hall–Kier alpha value is -3.49. The molecule has 0 spiro atoms. The van der Waals surface area contributed by atoms with Crippen molar-refractivity contribution < 1.29 is 31.1 Å². The average Bonchev–Trinajstić information content (AvgIpc) is 3.47. The number of anilines is 1. The van der Waals surface area contributed by atoms with Gasteiger partial charge in [0.2, 0.25) is 0 Å². The second-order valence-corrected chi connectivity index (χ2v) is 10.2. The van der Waals surface area contributed by atoms with E-state index in [1.807, 2.05) is 30.3 Å². The van der Waals surface area contributed by atoms with Crippen LogP contribution in [0.1, 0.15) is 63.7 Å². The van der Waals surface area contributed by atoms with Gasteiger partial charge in [-0.1, -0.05) is 42.5 Å². The van der Waals surface area contributed by atoms with Crippen molar-refractivity contribution in [3.8, 4) is 0 Å². The van der Waals surface area contributed by atoms with Crippen LogP contribution in [0, 0.1) is 0 Å². The summed E-state index contributed by atoms with van der Waals surface area (Å²) in [4.78, 5) is 17.1. The summed E-state index contributed by atoms with van der Waals surface area (Å²) in [6.45, 7) is 2.45. The van der Waals surface area contributed by atoms with Crippen LogP contribution in [0.2, 0.25) is 0 Å². The van der Waals surface area contributed by atoms with Gasteiger partial charge < -0.3 is 9.80 Å². The number of rotatable bonds is 4. The van der Waals surface area contributed by atoms with Crippen molar-refractivity contribution in [1.82, 2.24) is 4.90 Å². The van der Waals surface area contributed by atoms with Gasteiger partial charge in [-0.25, -0.2) is 0 Å². The van der Waals surface area contributed by atoms with Gasteiger partial charge in [0, 0.05) is 43.3 Å². The molecule has 39 heavy (non-hydrogen) atoms. The minimum atomic E-state index is -5.02. The Kier molecular flexibility index (Phi) is 7.35. The fraction of sp³-hybridized carbons (Fsp3) is 0.367. The van der Waals surface area contributed by atoms with Gasteiger partial charge in [0.1, 0.15) is 0 Å². The van der Waals surface area contributed by atoms with E-state index in [1.165, 1.54) is 17.7 Å². The number of hydrogen-bond acceptors (Lipinski definition) is 2. The number of hydrogen-bond donors (Lipinski definition) is 0. The van der Waals surface area contributed by atoms with Crippen LogP contribution in [-0.2, 0) is 12.4 Å². The van der Waals surface area contributed by atoms with Crippen molar-refractivity contribution in [3.05, 3.63) is 101 Å². The molecule has 5 rings (SSSR count). The lowest BCUT2D eigenvalue weighted by Crippen LogP contribution is -2.42. The van der Waals surface area contributed by atoms with Gasteiger partial charge in [-0.05, 0) is 66.6 Å². The second kappa shape index (κ2) is 10.6. The molecule has 2 heterocycles. The molecule has 2 aliphatic rings. The van der Waals surface area contributed by atoms with Crippen molar-refractivity contribution in [1.29, 1.82) is 0 Å². The molecule has 2 aliphatic heterocycles. The van der Waals surface area contributed by atoms with Crippen molar-refractivity contribution >= 4 is 11.6 Å². The van der Waals surface area contributed by atoms with E-state index in [2.05, 4.69) is 29.2 Å². The zero-order chi connectivity index (χ0) is 27.8. The highest BCUT2D eigenvalue weighted by Gasteiger charge is 2.39. The first-order chi connectivity index (χ1) is 18.5. The minimum absolute atomic E-state index is 0.0383. The van der Waals surface area contributed by atoms with Crippen LogP contribution in [-0.4, -0.2) is 37.0 Å². The van der Waals surface area contributed by atoms with E-state index in [-0.39, 0.29) is 31.0 Å². The molecular weight excluding hydrogens is 518 g/mol. The topological polar surface area (TPSA) is 23.6 Å². The van der Waals surface area contributed by atoms with Crippen molar-refractivity contribution in [3.63, 3.8) is 0 Å². The molecule has 1 amide bonds. The van der Waals surface area contributed by atoms with Crippen LogP contribution < -0.4 is 4.90 Å². The highest BCUT2D eigenvalue weighted by atomic mass is 19.4. The molecule has 0 aliphatic carbocycles. The Morgan fingerprint density at radius 2 is 1.26 bits per heavy atom. The maximum atomic E-state index is 13.4. The van der Waals surface area contributed by atoms with Gasteiger partial charge in [0.15, 0.2) is 0 Å². The molecule has 3 aromatic rings. The molecule has 2 atom stereocenters. The van der Waals surface area contributed by atoms with Crippen LogP contribution in [0.5, 0.6) is 0 Å². The molecule has 0 radical (unpaired) electrons. The van der Waals surface area contributed by atoms with E-state index in [4.69, 9.17) is 0 Å². The van der Waals surface area contributed by atoms with Crippen LogP contribution in [0.3, 0.4) is 0 Å². The number of nitrogens with zero attached hydrogens (tertiary/aromatic N) is 2. The Bertz CT molecular complexity index is 1270. The quantitative estimate of drug-likeness (QED) is 0.313. The molecule has 2 saturated heterocycles. The van der Waals surface area contributed by atoms with E-state index in [0.29, 0.717) is 18.6 Å². The van der Waals surface area contributed by atoms with Crippen molar-refractivity contribution in [2.75, 3.05) is 31.1 Å². The lowest BCUT2D eigenvalue weighted by Gasteiger charge is -2.39. The first-order valence-electron chi connectivity index (χ1n) is 13.0. The maximum Gasteiger partial charge on any atom is 0.416 e. The Morgan fingerprint density at radius 3 is 1.82 bits per heavy atom. The molecule has 0 saturated carbocycles. The van der Waals surface area contributed by atoms with E-state index < -0.39 is 35.0 Å². The normalized spacial score (nSPS) is 20.4. The Morgan fingerprint density at radius 1 is 0.692 bits per heavy atom. The number of carbonyl (C=O) groups is 1. The standard InChI is InChI=1S/C30H28F6N2O/c31-29(32,33)23-16-22(17-24(18-23)30(34,35)36)28(39)38-15-12-26(27(19-38)20-6-2-1-3-7-20)21-8-10-25(11-9-21)37-13-4-5-14-37/h1-3,6-11,16-18,26-27H,4-5,12-15,19H2. The summed E-state index contributed by atoms with van der Waals surface area (Å²) in [5.74, 6) is -0.971. The molecule has 2 unspecified atom stereocenters. The van der Waals surface area contributed by atoms with E-state index in [0.717, 1.165) is 29.9 Å². The highest BCUT2D eigenvalue weighted by molar-refractivity contribution is 5.95. The molecule has 3 aromatic carbocycles. The lowest BCUT2D eigenvalue weighted by atomic mass is 9.76. The molecule has 3 nitrogen and oxygen atoms in total. The summed E-state index contributed by atoms with van der Waals surface area (Å²) in [7, 11) is 0. The molecule has 9 heteroatoms. The highest BCUT2D eigenvalue weighted by Crippen LogP contribution is 2.42. The van der Waals surface area contributed by atoms with E-state index in [9.17, 15) is 31.1 Å². The minimum Gasteiger partial charge on any atom is -0.372 e. The summed E-state index contributed by atoms with van der Waals surface area (Å²) < 4.78 is 80.4. The van der Waals surface area contributed by atoms with E-state index in [1.54, 1.807) is 0 Å². The largest absolute Gasteiger partial charge is 0.416 e. The van der Waals surface area contributed by atoms with Gasteiger partial charge in [0.25, 0.3) is 5.91 Å². The number of halogens is 6. The molecule has 0 bridgehead atoms. The number of piperidine rings is 1. The fourth-order valence-electron chi connectivity index (χ4n) is 5.74. The third-order valence-electron chi connectivity index (χ3n) is 7.75. The number of benzene rings is 3. The molecule has 206 valence electrons. The molecule has 0 N–H and O–H groups in total. The lowest BCUT2D eigenvalue weighted by molar-refractivity contribution is -0.143. The van der Waals surface area contributed by atoms with Gasteiger partial charge in [-0.3, -0.25) is 4.79 Å². The summed E-state index contributed by atoms with van der Waals surface area (Å²) in [6.07, 6.45) is -7.17.